The molecule has 1 aliphatic heterocycles. The number of aryl methyl sites for hydroxylation is 1. The molecule has 8 heteroatoms. The van der Waals surface area contributed by atoms with Crippen LogP contribution in [0.15, 0.2) is 42.5 Å². The predicted octanol–water partition coefficient (Wildman–Crippen LogP) is 2.26. The van der Waals surface area contributed by atoms with E-state index in [1.165, 1.54) is 17.5 Å². The molecule has 0 saturated heterocycles. The summed E-state index contributed by atoms with van der Waals surface area (Å²) in [5.74, 6) is -1.61. The zero-order valence-corrected chi connectivity index (χ0v) is 14.3. The first-order valence-corrected chi connectivity index (χ1v) is 9.12. The Kier molecular flexibility index (Phi) is 4.63. The topological polar surface area (TPSA) is 75.7 Å². The van der Waals surface area contributed by atoms with Gasteiger partial charge < -0.3 is 4.74 Å². The quantitative estimate of drug-likeness (QED) is 0.903. The van der Waals surface area contributed by atoms with E-state index in [1.54, 1.807) is 12.1 Å². The molecule has 2 aromatic carbocycles. The number of benzene rings is 2. The van der Waals surface area contributed by atoms with Gasteiger partial charge in [-0.2, -0.15) is 8.42 Å². The van der Waals surface area contributed by atoms with Crippen LogP contribution >= 0.6 is 0 Å². The molecule has 3 rings (SSSR count). The van der Waals surface area contributed by atoms with E-state index < -0.39 is 21.9 Å². The highest BCUT2D eigenvalue weighted by atomic mass is 32.2. The summed E-state index contributed by atoms with van der Waals surface area (Å²) in [5.41, 5.74) is 1.47. The van der Waals surface area contributed by atoms with Gasteiger partial charge in [0.1, 0.15) is 0 Å². The van der Waals surface area contributed by atoms with Crippen LogP contribution in [0.5, 0.6) is 5.75 Å². The first-order chi connectivity index (χ1) is 11.9. The molecule has 2 aromatic rings. The number of halogens is 1. The van der Waals surface area contributed by atoms with Crippen molar-refractivity contribution in [2.24, 2.45) is 0 Å². The van der Waals surface area contributed by atoms with Gasteiger partial charge in [0.15, 0.2) is 11.6 Å². The molecule has 0 bridgehead atoms. The molecule has 0 radical (unpaired) electrons. The number of nitrogens with zero attached hydrogens (tertiary/aromatic N) is 1. The van der Waals surface area contributed by atoms with Gasteiger partial charge in [-0.25, -0.2) is 9.11 Å². The smallest absolute Gasteiger partial charge is 0.326 e. The Morgan fingerprint density at radius 1 is 1.24 bits per heavy atom. The number of carbonyl (C=O) groups excluding carboxylic acids is 1. The number of fused-ring (bicyclic) bond motifs is 1. The van der Waals surface area contributed by atoms with E-state index in [4.69, 9.17) is 4.74 Å². The van der Waals surface area contributed by atoms with Crippen molar-refractivity contribution in [1.82, 2.24) is 4.72 Å². The van der Waals surface area contributed by atoms with Crippen LogP contribution in [-0.4, -0.2) is 28.0 Å². The molecule has 132 valence electrons. The zero-order valence-electron chi connectivity index (χ0n) is 13.5. The summed E-state index contributed by atoms with van der Waals surface area (Å²) < 4.78 is 46.8. The van der Waals surface area contributed by atoms with Crippen LogP contribution in [0.1, 0.15) is 22.3 Å². The van der Waals surface area contributed by atoms with E-state index in [0.717, 1.165) is 24.1 Å². The van der Waals surface area contributed by atoms with Crippen LogP contribution in [0.2, 0.25) is 0 Å². The molecule has 0 fully saturated rings. The summed E-state index contributed by atoms with van der Waals surface area (Å²) in [7, 11) is -2.81. The summed E-state index contributed by atoms with van der Waals surface area (Å²) in [6.45, 7) is 0.284. The average Bonchev–Trinajstić information content (AvgIpc) is 2.61. The average molecular weight is 364 g/mol. The van der Waals surface area contributed by atoms with Crippen LogP contribution in [0.3, 0.4) is 0 Å². The molecule has 0 atom stereocenters. The summed E-state index contributed by atoms with van der Waals surface area (Å²) in [6, 6.07) is 10.6. The minimum Gasteiger partial charge on any atom is -0.494 e. The number of nitrogens with one attached hydrogen (secondary N) is 1. The Balaban J connectivity index is 1.86. The minimum atomic E-state index is -4.07. The number of carbonyl (C=O) groups is 1. The number of methoxy groups -OCH3 is 1. The largest absolute Gasteiger partial charge is 0.494 e. The second-order valence-electron chi connectivity index (χ2n) is 5.59. The van der Waals surface area contributed by atoms with Gasteiger partial charge in [-0.1, -0.05) is 18.2 Å². The van der Waals surface area contributed by atoms with Crippen LogP contribution in [0, 0.1) is 5.82 Å². The third-order valence-corrected chi connectivity index (χ3v) is 5.40. The molecule has 1 aliphatic rings. The molecule has 0 aliphatic carbocycles. The maximum absolute atomic E-state index is 13.4. The molecular formula is C17H17FN2O4S. The Hall–Kier alpha value is -2.61. The maximum Gasteiger partial charge on any atom is 0.326 e. The van der Waals surface area contributed by atoms with Gasteiger partial charge in [-0.3, -0.25) is 9.10 Å². The van der Waals surface area contributed by atoms with Crippen molar-refractivity contribution in [1.29, 1.82) is 0 Å². The number of rotatable bonds is 4. The van der Waals surface area contributed by atoms with Crippen molar-refractivity contribution >= 4 is 21.8 Å². The molecule has 0 unspecified atom stereocenters. The third-order valence-electron chi connectivity index (χ3n) is 3.99. The predicted molar refractivity (Wildman–Crippen MR) is 91.4 cm³/mol. The van der Waals surface area contributed by atoms with E-state index in [9.17, 15) is 17.6 Å². The summed E-state index contributed by atoms with van der Waals surface area (Å²) in [6.07, 6.45) is 1.45. The molecule has 0 spiro atoms. The van der Waals surface area contributed by atoms with Gasteiger partial charge in [-0.05, 0) is 42.7 Å². The summed E-state index contributed by atoms with van der Waals surface area (Å²) in [4.78, 5) is 12.3. The van der Waals surface area contributed by atoms with Crippen LogP contribution < -0.4 is 13.8 Å². The van der Waals surface area contributed by atoms with Gasteiger partial charge in [0.2, 0.25) is 0 Å². The van der Waals surface area contributed by atoms with Crippen molar-refractivity contribution in [3.05, 3.63) is 59.4 Å². The molecular weight excluding hydrogens is 347 g/mol. The molecule has 1 heterocycles. The standard InChI is InChI=1S/C17H17FN2O4S/c1-24-16-11-13(8-9-14(16)18)17(21)19-25(22,23)20-10-4-6-12-5-2-3-7-15(12)20/h2-3,5,7-9,11H,4,6,10H2,1H3,(H,19,21). The Labute approximate surface area is 145 Å². The van der Waals surface area contributed by atoms with E-state index in [-0.39, 0.29) is 17.9 Å². The zero-order chi connectivity index (χ0) is 18.0. The van der Waals surface area contributed by atoms with Gasteiger partial charge in [-0.15, -0.1) is 0 Å². The molecule has 1 N–H and O–H groups in total. The van der Waals surface area contributed by atoms with Gasteiger partial charge in [0.05, 0.1) is 12.8 Å². The van der Waals surface area contributed by atoms with Crippen LogP contribution in [-0.2, 0) is 16.6 Å². The first kappa shape index (κ1) is 17.2. The fourth-order valence-electron chi connectivity index (χ4n) is 2.78. The number of anilines is 1. The third kappa shape index (κ3) is 3.43. The number of amides is 1. The molecule has 0 aromatic heterocycles. The van der Waals surface area contributed by atoms with Crippen molar-refractivity contribution in [3.63, 3.8) is 0 Å². The van der Waals surface area contributed by atoms with Crippen molar-refractivity contribution < 1.29 is 22.3 Å². The Morgan fingerprint density at radius 3 is 2.76 bits per heavy atom. The number of para-hydroxylation sites is 1. The lowest BCUT2D eigenvalue weighted by Gasteiger charge is -2.30. The number of ether oxygens (including phenoxy) is 1. The van der Waals surface area contributed by atoms with Crippen molar-refractivity contribution in [3.8, 4) is 5.75 Å². The van der Waals surface area contributed by atoms with E-state index in [2.05, 4.69) is 0 Å². The van der Waals surface area contributed by atoms with Gasteiger partial charge in [0.25, 0.3) is 5.91 Å². The lowest BCUT2D eigenvalue weighted by Crippen LogP contribution is -2.45. The summed E-state index contributed by atoms with van der Waals surface area (Å²) in [5, 5.41) is 0. The van der Waals surface area contributed by atoms with Gasteiger partial charge in [0, 0.05) is 12.1 Å². The highest BCUT2D eigenvalue weighted by molar-refractivity contribution is 7.91. The van der Waals surface area contributed by atoms with Crippen LogP contribution in [0.25, 0.3) is 0 Å². The van der Waals surface area contributed by atoms with Crippen LogP contribution in [0.4, 0.5) is 10.1 Å². The monoisotopic (exact) mass is 364 g/mol. The minimum absolute atomic E-state index is 0.00730. The molecule has 6 nitrogen and oxygen atoms in total. The maximum atomic E-state index is 13.4. The second kappa shape index (κ2) is 6.72. The molecule has 0 saturated carbocycles. The SMILES string of the molecule is COc1cc(C(=O)NS(=O)(=O)N2CCCc3ccccc32)ccc1F. The van der Waals surface area contributed by atoms with Gasteiger partial charge >= 0.3 is 10.2 Å². The van der Waals surface area contributed by atoms with E-state index in [0.29, 0.717) is 12.1 Å². The molecule has 25 heavy (non-hydrogen) atoms. The lowest BCUT2D eigenvalue weighted by atomic mass is 10.0. The normalized spacial score (nSPS) is 13.9. The number of hydrogen-bond donors (Lipinski definition) is 1. The fourth-order valence-corrected chi connectivity index (χ4v) is 4.05. The lowest BCUT2D eigenvalue weighted by molar-refractivity contribution is 0.0981. The molecule has 1 amide bonds. The van der Waals surface area contributed by atoms with E-state index in [1.807, 2.05) is 16.9 Å². The van der Waals surface area contributed by atoms with E-state index >= 15 is 0 Å². The Morgan fingerprint density at radius 2 is 2.00 bits per heavy atom. The van der Waals surface area contributed by atoms with Crippen molar-refractivity contribution in [2.75, 3.05) is 18.0 Å². The summed E-state index contributed by atoms with van der Waals surface area (Å²) >= 11 is 0. The fraction of sp³-hybridized carbons (Fsp3) is 0.235. The second-order valence-corrected chi connectivity index (χ2v) is 7.18. The number of hydrogen-bond acceptors (Lipinski definition) is 4. The first-order valence-electron chi connectivity index (χ1n) is 7.68. The highest BCUT2D eigenvalue weighted by Crippen LogP contribution is 2.28. The Bertz CT molecular complexity index is 915. The van der Waals surface area contributed by atoms with Crippen molar-refractivity contribution in [2.45, 2.75) is 12.8 Å². The highest BCUT2D eigenvalue weighted by Gasteiger charge is 2.29.